The third-order valence-corrected chi connectivity index (χ3v) is 5.21. The van der Waals surface area contributed by atoms with Crippen LogP contribution in [0.25, 0.3) is 0 Å². The van der Waals surface area contributed by atoms with Gasteiger partial charge in [-0.3, -0.25) is 5.10 Å². The van der Waals surface area contributed by atoms with Gasteiger partial charge in [-0.1, -0.05) is 0 Å². The molecule has 0 radical (unpaired) electrons. The second kappa shape index (κ2) is 4.64. The van der Waals surface area contributed by atoms with Crippen molar-refractivity contribution in [2.45, 2.75) is 44.0 Å². The van der Waals surface area contributed by atoms with E-state index in [-0.39, 0.29) is 4.90 Å². The Balaban J connectivity index is 2.27. The monoisotopic (exact) mass is 273 g/mol. The molecule has 7 heteroatoms. The zero-order valence-electron chi connectivity index (χ0n) is 10.9. The third kappa shape index (κ3) is 2.57. The summed E-state index contributed by atoms with van der Waals surface area (Å²) < 4.78 is 32.8. The second-order valence-electron chi connectivity index (χ2n) is 5.04. The number of ether oxygens (including phenoxy) is 1. The van der Waals surface area contributed by atoms with Gasteiger partial charge >= 0.3 is 0 Å². The molecule has 6 nitrogen and oxygen atoms in total. The number of hydrogen-bond acceptors (Lipinski definition) is 4. The van der Waals surface area contributed by atoms with E-state index in [1.165, 1.54) is 0 Å². The number of nitrogens with one attached hydrogen (secondary N) is 2. The van der Waals surface area contributed by atoms with E-state index in [1.54, 1.807) is 13.8 Å². The largest absolute Gasteiger partial charge is 0.381 e. The van der Waals surface area contributed by atoms with Crippen molar-refractivity contribution >= 4 is 10.0 Å². The molecule has 2 heterocycles. The molecule has 0 saturated carbocycles. The Bertz CT molecular complexity index is 510. The lowest BCUT2D eigenvalue weighted by Gasteiger charge is -2.33. The van der Waals surface area contributed by atoms with Crippen LogP contribution in [0.5, 0.6) is 0 Å². The molecule has 0 aliphatic carbocycles. The van der Waals surface area contributed by atoms with Gasteiger partial charge in [0.2, 0.25) is 10.0 Å². The van der Waals surface area contributed by atoms with Gasteiger partial charge in [0.15, 0.2) is 0 Å². The van der Waals surface area contributed by atoms with Crippen LogP contribution >= 0.6 is 0 Å². The Hall–Kier alpha value is -0.920. The standard InChI is InChI=1S/C11H19N3O3S/c1-8-10(9(2)13-12-8)18(15,16)14-11(3)4-6-17-7-5-11/h14H,4-7H2,1-3H3,(H,12,13). The van der Waals surface area contributed by atoms with Gasteiger partial charge in [0, 0.05) is 18.8 Å². The summed E-state index contributed by atoms with van der Waals surface area (Å²) in [6, 6.07) is 0. The first-order valence-electron chi connectivity index (χ1n) is 5.97. The van der Waals surface area contributed by atoms with Crippen LogP contribution in [0.4, 0.5) is 0 Å². The van der Waals surface area contributed by atoms with Gasteiger partial charge < -0.3 is 4.74 Å². The molecule has 0 atom stereocenters. The van der Waals surface area contributed by atoms with Crippen LogP contribution in [0, 0.1) is 13.8 Å². The molecule has 1 aromatic heterocycles. The Morgan fingerprint density at radius 3 is 2.44 bits per heavy atom. The summed E-state index contributed by atoms with van der Waals surface area (Å²) in [5.74, 6) is 0. The van der Waals surface area contributed by atoms with Gasteiger partial charge in [-0.05, 0) is 33.6 Å². The predicted octanol–water partition coefficient (Wildman–Crippen LogP) is 0.874. The van der Waals surface area contributed by atoms with E-state index < -0.39 is 15.6 Å². The molecule has 1 saturated heterocycles. The topological polar surface area (TPSA) is 84.1 Å². The number of hydrogen-bond donors (Lipinski definition) is 2. The second-order valence-corrected chi connectivity index (χ2v) is 6.66. The molecule has 1 aromatic rings. The average Bonchev–Trinajstić information content (AvgIpc) is 2.58. The van der Waals surface area contributed by atoms with Crippen LogP contribution in [0.1, 0.15) is 31.2 Å². The Kier molecular flexibility index (Phi) is 3.48. The SMILES string of the molecule is Cc1n[nH]c(C)c1S(=O)(=O)NC1(C)CCOCC1. The third-order valence-electron chi connectivity index (χ3n) is 3.31. The maximum absolute atomic E-state index is 12.4. The van der Waals surface area contributed by atoms with Gasteiger partial charge in [-0.2, -0.15) is 5.10 Å². The number of aromatic nitrogens is 2. The molecule has 2 N–H and O–H groups in total. The molecule has 1 fully saturated rings. The molecule has 0 aromatic carbocycles. The van der Waals surface area contributed by atoms with Crippen molar-refractivity contribution in [3.05, 3.63) is 11.4 Å². The van der Waals surface area contributed by atoms with E-state index in [2.05, 4.69) is 14.9 Å². The van der Waals surface area contributed by atoms with Gasteiger partial charge in [0.1, 0.15) is 4.90 Å². The van der Waals surface area contributed by atoms with Crippen molar-refractivity contribution in [1.29, 1.82) is 0 Å². The molecular weight excluding hydrogens is 254 g/mol. The van der Waals surface area contributed by atoms with Gasteiger partial charge in [-0.25, -0.2) is 13.1 Å². The summed E-state index contributed by atoms with van der Waals surface area (Å²) in [5.41, 5.74) is 0.624. The van der Waals surface area contributed by atoms with E-state index in [0.717, 1.165) is 0 Å². The molecule has 1 aliphatic heterocycles. The summed E-state index contributed by atoms with van der Waals surface area (Å²) in [4.78, 5) is 0.259. The van der Waals surface area contributed by atoms with Crippen molar-refractivity contribution in [1.82, 2.24) is 14.9 Å². The minimum Gasteiger partial charge on any atom is -0.381 e. The maximum Gasteiger partial charge on any atom is 0.244 e. The highest BCUT2D eigenvalue weighted by Gasteiger charge is 2.34. The minimum atomic E-state index is -3.54. The molecule has 0 bridgehead atoms. The van der Waals surface area contributed by atoms with Crippen LogP contribution in [0.3, 0.4) is 0 Å². The van der Waals surface area contributed by atoms with Crippen molar-refractivity contribution in [2.75, 3.05) is 13.2 Å². The first kappa shape index (κ1) is 13.5. The minimum absolute atomic E-state index is 0.259. The van der Waals surface area contributed by atoms with E-state index in [4.69, 9.17) is 4.74 Å². The van der Waals surface area contributed by atoms with Crippen molar-refractivity contribution in [2.24, 2.45) is 0 Å². The van der Waals surface area contributed by atoms with E-state index in [1.807, 2.05) is 6.92 Å². The molecule has 0 unspecified atom stereocenters. The van der Waals surface area contributed by atoms with Crippen LogP contribution in [-0.4, -0.2) is 37.4 Å². The zero-order chi connectivity index (χ0) is 13.4. The zero-order valence-corrected chi connectivity index (χ0v) is 11.7. The average molecular weight is 273 g/mol. The predicted molar refractivity (Wildman–Crippen MR) is 66.8 cm³/mol. The Labute approximate surface area is 107 Å². The van der Waals surface area contributed by atoms with Crippen molar-refractivity contribution in [3.63, 3.8) is 0 Å². The molecule has 0 amide bonds. The number of rotatable bonds is 3. The normalized spacial score (nSPS) is 19.9. The molecule has 1 aliphatic rings. The van der Waals surface area contributed by atoms with E-state index in [0.29, 0.717) is 37.4 Å². The highest BCUT2D eigenvalue weighted by atomic mass is 32.2. The lowest BCUT2D eigenvalue weighted by atomic mass is 9.94. The van der Waals surface area contributed by atoms with Crippen LogP contribution in [-0.2, 0) is 14.8 Å². The highest BCUT2D eigenvalue weighted by Crippen LogP contribution is 2.24. The Morgan fingerprint density at radius 1 is 1.33 bits per heavy atom. The molecular formula is C11H19N3O3S. The molecule has 18 heavy (non-hydrogen) atoms. The summed E-state index contributed by atoms with van der Waals surface area (Å²) in [6.07, 6.45) is 1.37. The van der Waals surface area contributed by atoms with E-state index >= 15 is 0 Å². The first-order chi connectivity index (χ1) is 8.34. The number of nitrogens with zero attached hydrogens (tertiary/aromatic N) is 1. The van der Waals surface area contributed by atoms with Crippen molar-refractivity contribution < 1.29 is 13.2 Å². The van der Waals surface area contributed by atoms with Crippen molar-refractivity contribution in [3.8, 4) is 0 Å². The molecule has 2 rings (SSSR count). The number of aryl methyl sites for hydroxylation is 2. The summed E-state index contributed by atoms with van der Waals surface area (Å²) >= 11 is 0. The molecule has 102 valence electrons. The summed E-state index contributed by atoms with van der Waals surface area (Å²) in [7, 11) is -3.54. The summed E-state index contributed by atoms with van der Waals surface area (Å²) in [6.45, 7) is 6.48. The van der Waals surface area contributed by atoms with Gasteiger partial charge in [0.05, 0.1) is 11.4 Å². The first-order valence-corrected chi connectivity index (χ1v) is 7.46. The Morgan fingerprint density at radius 2 is 1.94 bits per heavy atom. The fraction of sp³-hybridized carbons (Fsp3) is 0.727. The number of sulfonamides is 1. The fourth-order valence-corrected chi connectivity index (χ4v) is 4.07. The fourth-order valence-electron chi connectivity index (χ4n) is 2.24. The number of H-pyrrole nitrogens is 1. The van der Waals surface area contributed by atoms with Crippen LogP contribution < -0.4 is 4.72 Å². The van der Waals surface area contributed by atoms with Gasteiger partial charge in [-0.15, -0.1) is 0 Å². The smallest absolute Gasteiger partial charge is 0.244 e. The number of aromatic amines is 1. The van der Waals surface area contributed by atoms with Crippen LogP contribution in [0.2, 0.25) is 0 Å². The van der Waals surface area contributed by atoms with Crippen LogP contribution in [0.15, 0.2) is 4.90 Å². The van der Waals surface area contributed by atoms with E-state index in [9.17, 15) is 8.42 Å². The molecule has 0 spiro atoms. The highest BCUT2D eigenvalue weighted by molar-refractivity contribution is 7.89. The lowest BCUT2D eigenvalue weighted by molar-refractivity contribution is 0.0537. The maximum atomic E-state index is 12.4. The quantitative estimate of drug-likeness (QED) is 0.856. The van der Waals surface area contributed by atoms with Gasteiger partial charge in [0.25, 0.3) is 0 Å². The summed E-state index contributed by atoms with van der Waals surface area (Å²) in [5, 5.41) is 6.63. The lowest BCUT2D eigenvalue weighted by Crippen LogP contribution is -2.49.